The molecule has 24 heavy (non-hydrogen) atoms. The van der Waals surface area contributed by atoms with Crippen LogP contribution in [0, 0.1) is 42.9 Å². The highest BCUT2D eigenvalue weighted by atomic mass is 35.5. The third-order valence-corrected chi connectivity index (χ3v) is 3.87. The van der Waals surface area contributed by atoms with Crippen LogP contribution < -0.4 is 5.32 Å². The van der Waals surface area contributed by atoms with Crippen molar-refractivity contribution in [3.8, 4) is 0 Å². The fourth-order valence-electron chi connectivity index (χ4n) is 2.02. The van der Waals surface area contributed by atoms with Crippen LogP contribution in [0.15, 0.2) is 0 Å². The maximum absolute atomic E-state index is 13.5. The van der Waals surface area contributed by atoms with E-state index < -0.39 is 40.7 Å². The first-order chi connectivity index (χ1) is 11.1. The van der Waals surface area contributed by atoms with Crippen molar-refractivity contribution in [2.24, 2.45) is 0 Å². The molecule has 0 spiro atoms. The van der Waals surface area contributed by atoms with Gasteiger partial charge in [-0.25, -0.2) is 22.0 Å². The number of anilines is 1. The third kappa shape index (κ3) is 3.21. The third-order valence-electron chi connectivity index (χ3n) is 3.32. The van der Waals surface area contributed by atoms with Crippen molar-refractivity contribution >= 4 is 23.2 Å². The van der Waals surface area contributed by atoms with Crippen LogP contribution in [0.2, 0.25) is 5.02 Å². The summed E-state index contributed by atoms with van der Waals surface area (Å²) in [6.45, 7) is 3.33. The first-order valence-corrected chi connectivity index (χ1v) is 7.03. The van der Waals surface area contributed by atoms with Crippen LogP contribution in [-0.2, 0) is 11.3 Å². The van der Waals surface area contributed by atoms with E-state index in [1.165, 1.54) is 4.68 Å². The molecule has 10 heteroatoms. The predicted molar refractivity (Wildman–Crippen MR) is 76.2 cm³/mol. The van der Waals surface area contributed by atoms with Gasteiger partial charge < -0.3 is 5.32 Å². The number of amides is 1. The minimum atomic E-state index is -2.29. The van der Waals surface area contributed by atoms with Crippen LogP contribution in [0.3, 0.4) is 0 Å². The van der Waals surface area contributed by atoms with Crippen molar-refractivity contribution in [1.29, 1.82) is 0 Å². The Morgan fingerprint density at radius 3 is 2.00 bits per heavy atom. The van der Waals surface area contributed by atoms with Crippen LogP contribution >= 0.6 is 11.6 Å². The lowest BCUT2D eigenvalue weighted by Crippen LogP contribution is -2.19. The average molecular weight is 368 g/mol. The highest BCUT2D eigenvalue weighted by molar-refractivity contribution is 6.31. The molecule has 0 aliphatic heterocycles. The van der Waals surface area contributed by atoms with Gasteiger partial charge in [-0.3, -0.25) is 9.48 Å². The van der Waals surface area contributed by atoms with Crippen LogP contribution in [0.25, 0.3) is 0 Å². The number of nitrogens with one attached hydrogen (secondary N) is 1. The molecule has 1 amide bonds. The van der Waals surface area contributed by atoms with E-state index in [0.717, 1.165) is 0 Å². The molecule has 1 N–H and O–H groups in total. The van der Waals surface area contributed by atoms with Crippen LogP contribution in [0.4, 0.5) is 27.6 Å². The molecule has 0 bridgehead atoms. The van der Waals surface area contributed by atoms with Gasteiger partial charge in [-0.15, -0.1) is 0 Å². The second-order valence-corrected chi connectivity index (χ2v) is 5.33. The number of nitrogens with zero attached hydrogens (tertiary/aromatic N) is 2. The number of carbonyl (C=O) groups excluding carboxylic acids is 1. The number of aromatic nitrogens is 2. The summed E-state index contributed by atoms with van der Waals surface area (Å²) in [6.07, 6.45) is -0.308. The molecule has 0 atom stereocenters. The number of benzene rings is 1. The number of hydrogen-bond acceptors (Lipinski definition) is 2. The first kappa shape index (κ1) is 18.2. The maximum Gasteiger partial charge on any atom is 0.226 e. The number of aryl methyl sites for hydroxylation is 2. The van der Waals surface area contributed by atoms with Gasteiger partial charge in [-0.2, -0.15) is 5.10 Å². The topological polar surface area (TPSA) is 46.9 Å². The summed E-state index contributed by atoms with van der Waals surface area (Å²) in [5.74, 6) is -11.7. The minimum absolute atomic E-state index is 0.0145. The Hall–Kier alpha value is -2.16. The van der Waals surface area contributed by atoms with Gasteiger partial charge in [-0.05, 0) is 13.8 Å². The molecule has 0 radical (unpaired) electrons. The Morgan fingerprint density at radius 2 is 1.54 bits per heavy atom. The van der Waals surface area contributed by atoms with E-state index >= 15 is 0 Å². The van der Waals surface area contributed by atoms with Gasteiger partial charge in [0.2, 0.25) is 11.7 Å². The second kappa shape index (κ2) is 6.76. The quantitative estimate of drug-likeness (QED) is 0.506. The van der Waals surface area contributed by atoms with Gasteiger partial charge in [0.05, 0.1) is 23.0 Å². The van der Waals surface area contributed by atoms with Gasteiger partial charge in [0.1, 0.15) is 5.69 Å². The SMILES string of the molecule is Cc1nn(CCC(=O)Nc2c(F)c(F)c(F)c(F)c2F)c(C)c1Cl. The van der Waals surface area contributed by atoms with Gasteiger partial charge in [-0.1, -0.05) is 11.6 Å². The molecule has 0 unspecified atom stereocenters. The summed E-state index contributed by atoms with van der Waals surface area (Å²) < 4.78 is 67.4. The normalized spacial score (nSPS) is 11.0. The van der Waals surface area contributed by atoms with E-state index in [9.17, 15) is 26.7 Å². The fraction of sp³-hybridized carbons (Fsp3) is 0.286. The highest BCUT2D eigenvalue weighted by Gasteiger charge is 2.26. The second-order valence-electron chi connectivity index (χ2n) is 4.95. The molecule has 0 saturated carbocycles. The first-order valence-electron chi connectivity index (χ1n) is 6.66. The zero-order chi connectivity index (χ0) is 18.2. The number of hydrogen-bond donors (Lipinski definition) is 1. The average Bonchev–Trinajstić information content (AvgIpc) is 2.80. The molecule has 2 aromatic rings. The van der Waals surface area contributed by atoms with Crippen molar-refractivity contribution in [3.63, 3.8) is 0 Å². The Kier molecular flexibility index (Phi) is 5.12. The number of halogens is 6. The molecular formula is C14H11ClF5N3O. The minimum Gasteiger partial charge on any atom is -0.321 e. The molecule has 0 aliphatic rings. The van der Waals surface area contributed by atoms with Gasteiger partial charge in [0.15, 0.2) is 23.3 Å². The van der Waals surface area contributed by atoms with Gasteiger partial charge >= 0.3 is 0 Å². The van der Waals surface area contributed by atoms with E-state index in [-0.39, 0.29) is 13.0 Å². The molecule has 130 valence electrons. The van der Waals surface area contributed by atoms with E-state index in [2.05, 4.69) is 5.10 Å². The zero-order valence-corrected chi connectivity index (χ0v) is 13.2. The molecule has 2 rings (SSSR count). The van der Waals surface area contributed by atoms with Crippen LogP contribution in [-0.4, -0.2) is 15.7 Å². The van der Waals surface area contributed by atoms with E-state index in [1.54, 1.807) is 19.2 Å². The Bertz CT molecular complexity index is 792. The smallest absolute Gasteiger partial charge is 0.226 e. The fourth-order valence-corrected chi connectivity index (χ4v) is 2.15. The van der Waals surface area contributed by atoms with Crippen LogP contribution in [0.5, 0.6) is 0 Å². The molecule has 0 saturated heterocycles. The monoisotopic (exact) mass is 367 g/mol. The predicted octanol–water partition coefficient (Wildman–Crippen LogP) is 3.88. The Balaban J connectivity index is 2.15. The lowest BCUT2D eigenvalue weighted by Gasteiger charge is -2.10. The van der Waals surface area contributed by atoms with Crippen molar-refractivity contribution in [2.75, 3.05) is 5.32 Å². The summed E-state index contributed by atoms with van der Waals surface area (Å²) in [7, 11) is 0. The van der Waals surface area contributed by atoms with E-state index in [1.807, 2.05) is 0 Å². The summed E-state index contributed by atoms with van der Waals surface area (Å²) in [5, 5.41) is 6.15. The molecule has 1 aromatic carbocycles. The van der Waals surface area contributed by atoms with Gasteiger partial charge in [0.25, 0.3) is 0 Å². The van der Waals surface area contributed by atoms with Gasteiger partial charge in [0, 0.05) is 6.42 Å². The van der Waals surface area contributed by atoms with Crippen molar-refractivity contribution < 1.29 is 26.7 Å². The molecule has 1 heterocycles. The molecule has 4 nitrogen and oxygen atoms in total. The summed E-state index contributed by atoms with van der Waals surface area (Å²) >= 11 is 5.93. The summed E-state index contributed by atoms with van der Waals surface area (Å²) in [5.41, 5.74) is -0.268. The van der Waals surface area contributed by atoms with Crippen LogP contribution in [0.1, 0.15) is 17.8 Å². The summed E-state index contributed by atoms with van der Waals surface area (Å²) in [4.78, 5) is 11.7. The molecule has 0 fully saturated rings. The lowest BCUT2D eigenvalue weighted by molar-refractivity contribution is -0.116. The summed E-state index contributed by atoms with van der Waals surface area (Å²) in [6, 6.07) is 0. The van der Waals surface area contributed by atoms with E-state index in [4.69, 9.17) is 11.6 Å². The Labute approximate surface area is 138 Å². The molecular weight excluding hydrogens is 357 g/mol. The molecule has 1 aromatic heterocycles. The lowest BCUT2D eigenvalue weighted by atomic mass is 10.2. The maximum atomic E-state index is 13.5. The molecule has 0 aliphatic carbocycles. The number of carbonyl (C=O) groups is 1. The van der Waals surface area contributed by atoms with E-state index in [0.29, 0.717) is 16.4 Å². The Morgan fingerprint density at radius 1 is 1.04 bits per heavy atom. The number of rotatable bonds is 4. The van der Waals surface area contributed by atoms with Crippen molar-refractivity contribution in [3.05, 3.63) is 45.5 Å². The standard InChI is InChI=1S/C14H11ClF5N3O/c1-5-8(15)6(2)23(22-5)4-3-7(24)21-14-12(19)10(17)9(16)11(18)13(14)20/h3-4H2,1-2H3,(H,21,24). The van der Waals surface area contributed by atoms with Crippen molar-refractivity contribution in [2.45, 2.75) is 26.8 Å². The van der Waals surface area contributed by atoms with Crippen molar-refractivity contribution in [1.82, 2.24) is 9.78 Å². The highest BCUT2D eigenvalue weighted by Crippen LogP contribution is 2.27. The largest absolute Gasteiger partial charge is 0.321 e. The zero-order valence-electron chi connectivity index (χ0n) is 12.5.